The van der Waals surface area contributed by atoms with E-state index in [0.29, 0.717) is 0 Å². The maximum atomic E-state index is 10.7. The van der Waals surface area contributed by atoms with Gasteiger partial charge in [-0.15, -0.1) is 0 Å². The summed E-state index contributed by atoms with van der Waals surface area (Å²) in [5.74, 6) is -0.387. The van der Waals surface area contributed by atoms with Crippen LogP contribution in [-0.4, -0.2) is 5.97 Å². The second-order valence-corrected chi connectivity index (χ2v) is 2.87. The second kappa shape index (κ2) is 7.59. The van der Waals surface area contributed by atoms with Gasteiger partial charge in [-0.05, 0) is 24.8 Å². The van der Waals surface area contributed by atoms with E-state index in [4.69, 9.17) is 4.74 Å². The standard InChI is InChI=1S/C11H18O2/c1-4-7-8-10(5-2)9-13-11(12)6-3/h6,9H,3-5,7-8H2,1-2H3/b10-9-. The summed E-state index contributed by atoms with van der Waals surface area (Å²) in [4.78, 5) is 10.7. The number of carbonyl (C=O) groups is 1. The number of hydrogen-bond acceptors (Lipinski definition) is 2. The Morgan fingerprint density at radius 1 is 1.46 bits per heavy atom. The number of hydrogen-bond donors (Lipinski definition) is 0. The number of carbonyl (C=O) groups excluding carboxylic acids is 1. The number of esters is 1. The summed E-state index contributed by atoms with van der Waals surface area (Å²) in [5.41, 5.74) is 1.18. The minimum Gasteiger partial charge on any atom is -0.431 e. The Bertz CT molecular complexity index is 192. The predicted molar refractivity (Wildman–Crippen MR) is 54.2 cm³/mol. The Morgan fingerprint density at radius 3 is 2.62 bits per heavy atom. The molecular formula is C11H18O2. The van der Waals surface area contributed by atoms with Crippen LogP contribution >= 0.6 is 0 Å². The quantitative estimate of drug-likeness (QED) is 0.358. The summed E-state index contributed by atoms with van der Waals surface area (Å²) in [6.45, 7) is 7.52. The van der Waals surface area contributed by atoms with Gasteiger partial charge in [0.05, 0.1) is 6.26 Å². The van der Waals surface area contributed by atoms with Gasteiger partial charge in [0.1, 0.15) is 0 Å². The summed E-state index contributed by atoms with van der Waals surface area (Å²) in [5, 5.41) is 0. The highest BCUT2D eigenvalue weighted by Gasteiger charge is 1.96. The third-order valence-corrected chi connectivity index (χ3v) is 1.81. The zero-order valence-corrected chi connectivity index (χ0v) is 8.51. The first-order valence-electron chi connectivity index (χ1n) is 4.75. The molecule has 0 heterocycles. The third-order valence-electron chi connectivity index (χ3n) is 1.81. The molecule has 13 heavy (non-hydrogen) atoms. The lowest BCUT2D eigenvalue weighted by Gasteiger charge is -2.02. The molecule has 0 aliphatic rings. The maximum absolute atomic E-state index is 10.7. The van der Waals surface area contributed by atoms with Crippen molar-refractivity contribution in [1.82, 2.24) is 0 Å². The Morgan fingerprint density at radius 2 is 2.15 bits per heavy atom. The van der Waals surface area contributed by atoms with Gasteiger partial charge in [0.2, 0.25) is 0 Å². The zero-order chi connectivity index (χ0) is 10.1. The Hall–Kier alpha value is -1.05. The lowest BCUT2D eigenvalue weighted by Crippen LogP contribution is -1.94. The fraction of sp³-hybridized carbons (Fsp3) is 0.545. The zero-order valence-electron chi connectivity index (χ0n) is 8.51. The monoisotopic (exact) mass is 182 g/mol. The molecular weight excluding hydrogens is 164 g/mol. The van der Waals surface area contributed by atoms with Crippen molar-refractivity contribution in [3.05, 3.63) is 24.5 Å². The Kier molecular flexibility index (Phi) is 6.98. The molecule has 2 heteroatoms. The van der Waals surface area contributed by atoms with Gasteiger partial charge < -0.3 is 4.74 Å². The van der Waals surface area contributed by atoms with Crippen LogP contribution in [0.15, 0.2) is 24.5 Å². The van der Waals surface area contributed by atoms with E-state index < -0.39 is 0 Å². The van der Waals surface area contributed by atoms with Crippen molar-refractivity contribution in [3.63, 3.8) is 0 Å². The number of rotatable bonds is 6. The molecule has 0 radical (unpaired) electrons. The lowest BCUT2D eigenvalue weighted by molar-refractivity contribution is -0.132. The summed E-state index contributed by atoms with van der Waals surface area (Å²) in [6.07, 6.45) is 6.98. The van der Waals surface area contributed by atoms with Gasteiger partial charge in [-0.1, -0.05) is 26.8 Å². The molecule has 0 saturated heterocycles. The van der Waals surface area contributed by atoms with Crippen molar-refractivity contribution in [2.24, 2.45) is 0 Å². The normalized spacial score (nSPS) is 11.1. The fourth-order valence-corrected chi connectivity index (χ4v) is 0.912. The van der Waals surface area contributed by atoms with E-state index in [0.717, 1.165) is 25.7 Å². The van der Waals surface area contributed by atoms with Crippen LogP contribution in [0.1, 0.15) is 39.5 Å². The Balaban J connectivity index is 3.90. The molecule has 0 bridgehead atoms. The van der Waals surface area contributed by atoms with Gasteiger partial charge in [0, 0.05) is 6.08 Å². The Labute approximate surface area is 80.3 Å². The largest absolute Gasteiger partial charge is 0.431 e. The van der Waals surface area contributed by atoms with Gasteiger partial charge in [-0.2, -0.15) is 0 Å². The van der Waals surface area contributed by atoms with Gasteiger partial charge in [-0.3, -0.25) is 0 Å². The van der Waals surface area contributed by atoms with E-state index in [9.17, 15) is 4.79 Å². The fourth-order valence-electron chi connectivity index (χ4n) is 0.912. The molecule has 0 atom stereocenters. The number of unbranched alkanes of at least 4 members (excludes halogenated alkanes) is 1. The first kappa shape index (κ1) is 11.9. The molecule has 0 aliphatic carbocycles. The summed E-state index contributed by atoms with van der Waals surface area (Å²) in [7, 11) is 0. The van der Waals surface area contributed by atoms with Crippen LogP contribution in [0.3, 0.4) is 0 Å². The van der Waals surface area contributed by atoms with Crippen LogP contribution in [-0.2, 0) is 9.53 Å². The van der Waals surface area contributed by atoms with Crippen molar-refractivity contribution in [1.29, 1.82) is 0 Å². The van der Waals surface area contributed by atoms with Crippen LogP contribution < -0.4 is 0 Å². The second-order valence-electron chi connectivity index (χ2n) is 2.87. The highest BCUT2D eigenvalue weighted by atomic mass is 16.5. The SMILES string of the molecule is C=CC(=O)O/C=C(/CC)CCCC. The highest BCUT2D eigenvalue weighted by Crippen LogP contribution is 2.10. The van der Waals surface area contributed by atoms with Crippen LogP contribution in [0.5, 0.6) is 0 Å². The molecule has 0 aromatic heterocycles. The minimum atomic E-state index is -0.387. The summed E-state index contributed by atoms with van der Waals surface area (Å²) < 4.78 is 4.82. The molecule has 0 aromatic rings. The van der Waals surface area contributed by atoms with Gasteiger partial charge in [-0.25, -0.2) is 4.79 Å². The smallest absolute Gasteiger partial charge is 0.334 e. The lowest BCUT2D eigenvalue weighted by atomic mass is 10.1. The van der Waals surface area contributed by atoms with Crippen LogP contribution in [0.25, 0.3) is 0 Å². The van der Waals surface area contributed by atoms with Crippen molar-refractivity contribution >= 4 is 5.97 Å². The average molecular weight is 182 g/mol. The molecule has 0 rings (SSSR count). The summed E-state index contributed by atoms with van der Waals surface area (Å²) in [6, 6.07) is 0. The molecule has 0 fully saturated rings. The van der Waals surface area contributed by atoms with Crippen molar-refractivity contribution in [2.45, 2.75) is 39.5 Å². The third kappa shape index (κ3) is 6.14. The molecule has 2 nitrogen and oxygen atoms in total. The average Bonchev–Trinajstić information content (AvgIpc) is 2.17. The molecule has 0 N–H and O–H groups in total. The predicted octanol–water partition coefficient (Wildman–Crippen LogP) is 3.20. The minimum absolute atomic E-state index is 0.387. The molecule has 0 aliphatic heterocycles. The van der Waals surface area contributed by atoms with Gasteiger partial charge in [0.15, 0.2) is 0 Å². The van der Waals surface area contributed by atoms with Gasteiger partial charge >= 0.3 is 5.97 Å². The van der Waals surface area contributed by atoms with E-state index in [-0.39, 0.29) is 5.97 Å². The number of allylic oxidation sites excluding steroid dienone is 1. The summed E-state index contributed by atoms with van der Waals surface area (Å²) >= 11 is 0. The van der Waals surface area contributed by atoms with Crippen molar-refractivity contribution < 1.29 is 9.53 Å². The van der Waals surface area contributed by atoms with Crippen LogP contribution in [0, 0.1) is 0 Å². The molecule has 0 saturated carbocycles. The molecule has 0 unspecified atom stereocenters. The molecule has 0 amide bonds. The van der Waals surface area contributed by atoms with E-state index in [1.54, 1.807) is 6.26 Å². The van der Waals surface area contributed by atoms with Crippen LogP contribution in [0.4, 0.5) is 0 Å². The van der Waals surface area contributed by atoms with Crippen LogP contribution in [0.2, 0.25) is 0 Å². The molecule has 74 valence electrons. The first-order chi connectivity index (χ1) is 6.24. The topological polar surface area (TPSA) is 26.3 Å². The highest BCUT2D eigenvalue weighted by molar-refractivity contribution is 5.81. The number of ether oxygens (including phenoxy) is 1. The van der Waals surface area contributed by atoms with Crippen molar-refractivity contribution in [3.8, 4) is 0 Å². The maximum Gasteiger partial charge on any atom is 0.334 e. The van der Waals surface area contributed by atoms with E-state index in [1.807, 2.05) is 0 Å². The first-order valence-corrected chi connectivity index (χ1v) is 4.75. The van der Waals surface area contributed by atoms with E-state index in [2.05, 4.69) is 20.4 Å². The molecule has 0 spiro atoms. The van der Waals surface area contributed by atoms with E-state index in [1.165, 1.54) is 11.6 Å². The van der Waals surface area contributed by atoms with Crippen molar-refractivity contribution in [2.75, 3.05) is 0 Å². The molecule has 0 aromatic carbocycles. The van der Waals surface area contributed by atoms with Gasteiger partial charge in [0.25, 0.3) is 0 Å². The van der Waals surface area contributed by atoms with E-state index >= 15 is 0 Å².